The summed E-state index contributed by atoms with van der Waals surface area (Å²) >= 11 is 2.00. The lowest BCUT2D eigenvalue weighted by Crippen LogP contribution is -1.85. The van der Waals surface area contributed by atoms with Gasteiger partial charge in [-0.05, 0) is 0 Å². The molecule has 15 heavy (non-hydrogen) atoms. The van der Waals surface area contributed by atoms with E-state index < -0.39 is 0 Å². The van der Waals surface area contributed by atoms with Crippen molar-refractivity contribution in [1.82, 2.24) is 0 Å². The lowest BCUT2D eigenvalue weighted by Gasteiger charge is -2.05. The lowest BCUT2D eigenvalue weighted by atomic mass is 10.0. The number of hydrogen-bond acceptors (Lipinski definition) is 1. The van der Waals surface area contributed by atoms with Crippen molar-refractivity contribution in [1.29, 1.82) is 0 Å². The van der Waals surface area contributed by atoms with E-state index in [0.29, 0.717) is 0 Å². The standard InChI is InChI=1S/C12H24.C2H4S/c1-2-4-6-8-10-12-11-9-7-5-3-1;1-2-3-1/h1-12H2;1-2H2. The zero-order valence-corrected chi connectivity index (χ0v) is 11.1. The molecule has 0 aromatic heterocycles. The minimum Gasteiger partial charge on any atom is -0.160 e. The maximum absolute atomic E-state index is 2.00. The Morgan fingerprint density at radius 2 is 0.467 bits per heavy atom. The van der Waals surface area contributed by atoms with Gasteiger partial charge in [0, 0.05) is 11.5 Å². The molecule has 0 unspecified atom stereocenters. The third-order valence-corrected chi connectivity index (χ3v) is 3.61. The molecule has 0 atom stereocenters. The fourth-order valence-corrected chi connectivity index (χ4v) is 2.12. The first-order valence-corrected chi connectivity index (χ1v) is 8.23. The summed E-state index contributed by atoms with van der Waals surface area (Å²) in [4.78, 5) is 0. The Kier molecular flexibility index (Phi) is 9.71. The van der Waals surface area contributed by atoms with Crippen LogP contribution in [-0.4, -0.2) is 11.5 Å². The summed E-state index contributed by atoms with van der Waals surface area (Å²) in [6, 6.07) is 0. The molecule has 0 bridgehead atoms. The van der Waals surface area contributed by atoms with Gasteiger partial charge in [-0.15, -0.1) is 0 Å². The van der Waals surface area contributed by atoms with E-state index in [2.05, 4.69) is 0 Å². The molecule has 0 aromatic rings. The van der Waals surface area contributed by atoms with E-state index in [1.54, 1.807) is 0 Å². The Morgan fingerprint density at radius 1 is 0.333 bits per heavy atom. The van der Waals surface area contributed by atoms with Crippen molar-refractivity contribution in [2.45, 2.75) is 77.0 Å². The van der Waals surface area contributed by atoms with E-state index in [-0.39, 0.29) is 0 Å². The van der Waals surface area contributed by atoms with Gasteiger partial charge in [0.1, 0.15) is 0 Å². The first kappa shape index (κ1) is 13.4. The molecule has 1 aliphatic carbocycles. The van der Waals surface area contributed by atoms with Gasteiger partial charge in [-0.3, -0.25) is 0 Å². The minimum absolute atomic E-state index is 1.42. The molecule has 2 fully saturated rings. The van der Waals surface area contributed by atoms with Crippen molar-refractivity contribution in [2.24, 2.45) is 0 Å². The van der Waals surface area contributed by atoms with Crippen LogP contribution in [0.25, 0.3) is 0 Å². The van der Waals surface area contributed by atoms with E-state index in [4.69, 9.17) is 0 Å². The van der Waals surface area contributed by atoms with Crippen molar-refractivity contribution >= 4 is 11.8 Å². The van der Waals surface area contributed by atoms with Crippen LogP contribution in [0.3, 0.4) is 0 Å². The Morgan fingerprint density at radius 3 is 0.533 bits per heavy atom. The first-order chi connectivity index (χ1) is 7.50. The highest BCUT2D eigenvalue weighted by Gasteiger charge is 1.96. The smallest absolute Gasteiger partial charge is 0.00238 e. The second-order valence-electron chi connectivity index (χ2n) is 4.86. The Balaban J connectivity index is 0.000000319. The van der Waals surface area contributed by atoms with Gasteiger partial charge in [-0.1, -0.05) is 77.0 Å². The van der Waals surface area contributed by atoms with Crippen LogP contribution in [0.5, 0.6) is 0 Å². The molecule has 1 heterocycles. The Labute approximate surface area is 101 Å². The molecule has 1 saturated carbocycles. The third kappa shape index (κ3) is 12.3. The summed E-state index contributed by atoms with van der Waals surface area (Å²) in [6.07, 6.45) is 18.0. The predicted molar refractivity (Wildman–Crippen MR) is 72.7 cm³/mol. The minimum atomic E-state index is 1.42. The topological polar surface area (TPSA) is 0 Å². The number of rotatable bonds is 0. The van der Waals surface area contributed by atoms with E-state index in [9.17, 15) is 0 Å². The molecule has 1 saturated heterocycles. The lowest BCUT2D eigenvalue weighted by molar-refractivity contribution is 0.504. The van der Waals surface area contributed by atoms with Crippen LogP contribution in [0.1, 0.15) is 77.0 Å². The molecule has 1 aliphatic heterocycles. The monoisotopic (exact) mass is 228 g/mol. The Hall–Kier alpha value is 0.350. The predicted octanol–water partition coefficient (Wildman–Crippen LogP) is 5.41. The van der Waals surface area contributed by atoms with Crippen molar-refractivity contribution in [3.05, 3.63) is 0 Å². The summed E-state index contributed by atoms with van der Waals surface area (Å²) in [5.74, 6) is 2.83. The summed E-state index contributed by atoms with van der Waals surface area (Å²) in [5.41, 5.74) is 0. The highest BCUT2D eigenvalue weighted by atomic mass is 32.2. The summed E-state index contributed by atoms with van der Waals surface area (Å²) in [6.45, 7) is 0. The molecular formula is C14H28S. The van der Waals surface area contributed by atoms with E-state index >= 15 is 0 Å². The Bertz CT molecular complexity index is 74.7. The fraction of sp³-hybridized carbons (Fsp3) is 1.00. The molecule has 0 aromatic carbocycles. The summed E-state index contributed by atoms with van der Waals surface area (Å²) < 4.78 is 0. The van der Waals surface area contributed by atoms with Gasteiger partial charge in [0.05, 0.1) is 0 Å². The van der Waals surface area contributed by atoms with Crippen LogP contribution in [0.2, 0.25) is 0 Å². The van der Waals surface area contributed by atoms with Crippen molar-refractivity contribution in [3.63, 3.8) is 0 Å². The van der Waals surface area contributed by atoms with Crippen LogP contribution in [0.4, 0.5) is 0 Å². The van der Waals surface area contributed by atoms with E-state index in [0.717, 1.165) is 0 Å². The third-order valence-electron chi connectivity index (χ3n) is 3.20. The fourth-order valence-electron chi connectivity index (χ4n) is 2.12. The molecule has 90 valence electrons. The molecule has 0 spiro atoms. The molecule has 0 radical (unpaired) electrons. The van der Waals surface area contributed by atoms with E-state index in [1.807, 2.05) is 11.8 Å². The quantitative estimate of drug-likeness (QED) is 0.499. The molecular weight excluding hydrogens is 200 g/mol. The van der Waals surface area contributed by atoms with Crippen LogP contribution in [0.15, 0.2) is 0 Å². The largest absolute Gasteiger partial charge is 0.160 e. The SMILES string of the molecule is C1CCCCCCCCCCC1.C1CS1. The normalized spacial score (nSPS) is 24.0. The van der Waals surface area contributed by atoms with E-state index in [1.165, 1.54) is 88.6 Å². The molecule has 1 heteroatoms. The first-order valence-electron chi connectivity index (χ1n) is 7.08. The van der Waals surface area contributed by atoms with Crippen LogP contribution in [-0.2, 0) is 0 Å². The maximum Gasteiger partial charge on any atom is 0.00238 e. The molecule has 2 rings (SSSR count). The molecule has 2 aliphatic rings. The summed E-state index contributed by atoms with van der Waals surface area (Å²) in [5, 5.41) is 0. The van der Waals surface area contributed by atoms with Gasteiger partial charge in [0.25, 0.3) is 0 Å². The van der Waals surface area contributed by atoms with Gasteiger partial charge in [-0.25, -0.2) is 0 Å². The molecule has 0 N–H and O–H groups in total. The van der Waals surface area contributed by atoms with Crippen molar-refractivity contribution in [2.75, 3.05) is 11.5 Å². The average molecular weight is 228 g/mol. The van der Waals surface area contributed by atoms with Crippen LogP contribution < -0.4 is 0 Å². The van der Waals surface area contributed by atoms with Crippen LogP contribution in [0, 0.1) is 0 Å². The highest BCUT2D eigenvalue weighted by Crippen LogP contribution is 2.16. The van der Waals surface area contributed by atoms with Gasteiger partial charge in [0.2, 0.25) is 0 Å². The van der Waals surface area contributed by atoms with Crippen molar-refractivity contribution < 1.29 is 0 Å². The zero-order chi connectivity index (χ0) is 10.6. The highest BCUT2D eigenvalue weighted by molar-refractivity contribution is 8.06. The van der Waals surface area contributed by atoms with Gasteiger partial charge < -0.3 is 0 Å². The summed E-state index contributed by atoms with van der Waals surface area (Å²) in [7, 11) is 0. The molecule has 0 nitrogen and oxygen atoms in total. The second-order valence-corrected chi connectivity index (χ2v) is 6.08. The zero-order valence-electron chi connectivity index (χ0n) is 10.3. The number of thioether (sulfide) groups is 1. The van der Waals surface area contributed by atoms with Gasteiger partial charge in [-0.2, -0.15) is 11.8 Å². The second kappa shape index (κ2) is 10.9. The number of hydrogen-bond donors (Lipinski definition) is 0. The maximum atomic E-state index is 2.00. The van der Waals surface area contributed by atoms with Gasteiger partial charge in [0.15, 0.2) is 0 Å². The molecule has 0 amide bonds. The van der Waals surface area contributed by atoms with Crippen LogP contribution >= 0.6 is 11.8 Å². The average Bonchev–Trinajstić information content (AvgIpc) is 3.05. The van der Waals surface area contributed by atoms with Crippen molar-refractivity contribution in [3.8, 4) is 0 Å². The van der Waals surface area contributed by atoms with Gasteiger partial charge >= 0.3 is 0 Å².